The molecule has 0 radical (unpaired) electrons. The molecular formula is C9H14F6N2. The Balaban J connectivity index is 3.04. The summed E-state index contributed by atoms with van der Waals surface area (Å²) in [6, 6.07) is -2.95. The molecule has 17 heavy (non-hydrogen) atoms. The summed E-state index contributed by atoms with van der Waals surface area (Å²) in [6.07, 6.45) is -11.7. The van der Waals surface area contributed by atoms with Crippen LogP contribution in [0, 0.1) is 5.92 Å². The lowest BCUT2D eigenvalue weighted by atomic mass is 9.89. The maximum absolute atomic E-state index is 12.7. The molecule has 0 amide bonds. The van der Waals surface area contributed by atoms with Gasteiger partial charge in [-0.15, -0.1) is 0 Å². The normalized spacial score (nSPS) is 37.2. The van der Waals surface area contributed by atoms with Gasteiger partial charge in [-0.2, -0.15) is 26.3 Å². The van der Waals surface area contributed by atoms with Crippen molar-refractivity contribution in [1.82, 2.24) is 10.2 Å². The Morgan fingerprint density at radius 2 is 1.41 bits per heavy atom. The molecule has 4 atom stereocenters. The van der Waals surface area contributed by atoms with E-state index in [-0.39, 0.29) is 0 Å². The van der Waals surface area contributed by atoms with Crippen molar-refractivity contribution in [3.05, 3.63) is 0 Å². The second kappa shape index (κ2) is 4.31. The van der Waals surface area contributed by atoms with E-state index in [1.807, 2.05) is 0 Å². The van der Waals surface area contributed by atoms with E-state index in [4.69, 9.17) is 0 Å². The van der Waals surface area contributed by atoms with Crippen molar-refractivity contribution in [3.63, 3.8) is 0 Å². The summed E-state index contributed by atoms with van der Waals surface area (Å²) in [5.41, 5.74) is 0. The Labute approximate surface area is 95.0 Å². The minimum absolute atomic E-state index is 0.310. The van der Waals surface area contributed by atoms with Gasteiger partial charge in [-0.05, 0) is 19.9 Å². The van der Waals surface area contributed by atoms with E-state index in [0.717, 1.165) is 7.05 Å². The Kier molecular flexibility index (Phi) is 3.69. The molecule has 1 rings (SSSR count). The molecule has 0 saturated carbocycles. The summed E-state index contributed by atoms with van der Waals surface area (Å²) >= 11 is 0. The second-order valence-electron chi connectivity index (χ2n) is 4.41. The molecule has 0 aromatic rings. The molecule has 0 spiro atoms. The van der Waals surface area contributed by atoms with Crippen LogP contribution in [0.3, 0.4) is 0 Å². The van der Waals surface area contributed by atoms with Gasteiger partial charge in [0.2, 0.25) is 0 Å². The molecular weight excluding hydrogens is 250 g/mol. The van der Waals surface area contributed by atoms with Gasteiger partial charge in [0, 0.05) is 6.04 Å². The third-order valence-corrected chi connectivity index (χ3v) is 3.20. The van der Waals surface area contributed by atoms with Crippen molar-refractivity contribution in [2.75, 3.05) is 7.05 Å². The van der Waals surface area contributed by atoms with Crippen molar-refractivity contribution >= 4 is 0 Å². The number of halogens is 6. The van der Waals surface area contributed by atoms with Gasteiger partial charge in [-0.25, -0.2) is 0 Å². The standard InChI is InChI=1S/C9H14F6N2/c1-4-5(2)16-7(9(13,14)15)17(3)6(4)8(10,11)12/h4-7,16H,1-3H3/t4?,5?,6?,7-/m0/s1. The molecule has 1 aliphatic rings. The van der Waals surface area contributed by atoms with Gasteiger partial charge in [0.15, 0.2) is 6.17 Å². The van der Waals surface area contributed by atoms with E-state index < -0.39 is 36.5 Å². The van der Waals surface area contributed by atoms with Gasteiger partial charge >= 0.3 is 12.4 Å². The smallest absolute Gasteiger partial charge is 0.291 e. The molecule has 0 aromatic heterocycles. The SMILES string of the molecule is CC1N[C@H](C(F)(F)F)N(C)C(C(F)(F)F)C1C. The summed E-state index contributed by atoms with van der Waals surface area (Å²) in [4.78, 5) is 0.310. The fraction of sp³-hybridized carbons (Fsp3) is 1.00. The Bertz CT molecular complexity index is 274. The molecule has 1 heterocycles. The Hall–Kier alpha value is -0.500. The Morgan fingerprint density at radius 3 is 1.76 bits per heavy atom. The fourth-order valence-corrected chi connectivity index (χ4v) is 2.18. The molecule has 0 aromatic carbocycles. The van der Waals surface area contributed by atoms with Crippen LogP contribution in [-0.2, 0) is 0 Å². The lowest BCUT2D eigenvalue weighted by Crippen LogP contribution is -2.70. The van der Waals surface area contributed by atoms with Crippen molar-refractivity contribution < 1.29 is 26.3 Å². The monoisotopic (exact) mass is 264 g/mol. The van der Waals surface area contributed by atoms with Crippen LogP contribution in [0.5, 0.6) is 0 Å². The van der Waals surface area contributed by atoms with Gasteiger partial charge in [0.25, 0.3) is 0 Å². The largest absolute Gasteiger partial charge is 0.417 e. The molecule has 1 aliphatic heterocycles. The fourth-order valence-electron chi connectivity index (χ4n) is 2.18. The summed E-state index contributed by atoms with van der Waals surface area (Å²) in [6.45, 7) is 2.62. The third-order valence-electron chi connectivity index (χ3n) is 3.20. The third kappa shape index (κ3) is 2.85. The highest BCUT2D eigenvalue weighted by Gasteiger charge is 2.57. The Morgan fingerprint density at radius 1 is 0.941 bits per heavy atom. The highest BCUT2D eigenvalue weighted by Crippen LogP contribution is 2.38. The molecule has 3 unspecified atom stereocenters. The van der Waals surface area contributed by atoms with Crippen molar-refractivity contribution in [2.24, 2.45) is 5.92 Å². The second-order valence-corrected chi connectivity index (χ2v) is 4.41. The topological polar surface area (TPSA) is 15.3 Å². The first kappa shape index (κ1) is 14.6. The summed E-state index contributed by atoms with van der Waals surface area (Å²) < 4.78 is 76.0. The lowest BCUT2D eigenvalue weighted by molar-refractivity contribution is -0.260. The average Bonchev–Trinajstić information content (AvgIpc) is 2.07. The molecule has 1 N–H and O–H groups in total. The number of nitrogens with zero attached hydrogens (tertiary/aromatic N) is 1. The van der Waals surface area contributed by atoms with Crippen molar-refractivity contribution in [1.29, 1.82) is 0 Å². The highest BCUT2D eigenvalue weighted by atomic mass is 19.4. The molecule has 1 fully saturated rings. The van der Waals surface area contributed by atoms with Gasteiger partial charge < -0.3 is 0 Å². The predicted octanol–water partition coefficient (Wildman–Crippen LogP) is 2.37. The maximum atomic E-state index is 12.7. The molecule has 0 aliphatic carbocycles. The van der Waals surface area contributed by atoms with Gasteiger partial charge in [-0.3, -0.25) is 10.2 Å². The van der Waals surface area contributed by atoms with Crippen LogP contribution in [0.25, 0.3) is 0 Å². The summed E-state index contributed by atoms with van der Waals surface area (Å²) in [7, 11) is 0.839. The first-order valence-electron chi connectivity index (χ1n) is 5.07. The van der Waals surface area contributed by atoms with Crippen molar-refractivity contribution in [3.8, 4) is 0 Å². The van der Waals surface area contributed by atoms with E-state index in [2.05, 4.69) is 5.32 Å². The number of rotatable bonds is 0. The zero-order chi connectivity index (χ0) is 13.6. The minimum Gasteiger partial charge on any atom is -0.291 e. The number of hydrogen-bond acceptors (Lipinski definition) is 2. The van der Waals surface area contributed by atoms with Crippen LogP contribution in [0.2, 0.25) is 0 Å². The van der Waals surface area contributed by atoms with Crippen LogP contribution in [0.15, 0.2) is 0 Å². The average molecular weight is 264 g/mol. The maximum Gasteiger partial charge on any atom is 0.417 e. The van der Waals surface area contributed by atoms with Crippen LogP contribution in [0.1, 0.15) is 13.8 Å². The van der Waals surface area contributed by atoms with Gasteiger partial charge in [0.1, 0.15) is 6.04 Å². The van der Waals surface area contributed by atoms with Crippen LogP contribution in [0.4, 0.5) is 26.3 Å². The molecule has 0 bridgehead atoms. The first-order valence-corrected chi connectivity index (χ1v) is 5.07. The minimum atomic E-state index is -4.73. The zero-order valence-electron chi connectivity index (χ0n) is 9.52. The summed E-state index contributed by atoms with van der Waals surface area (Å²) in [5, 5.41) is 2.16. The highest BCUT2D eigenvalue weighted by molar-refractivity contribution is 4.96. The van der Waals surface area contributed by atoms with Gasteiger partial charge in [0.05, 0.1) is 0 Å². The van der Waals surface area contributed by atoms with Crippen LogP contribution in [-0.4, -0.2) is 42.5 Å². The molecule has 1 saturated heterocycles. The molecule has 8 heteroatoms. The van der Waals surface area contributed by atoms with E-state index in [0.29, 0.717) is 4.90 Å². The van der Waals surface area contributed by atoms with Crippen LogP contribution < -0.4 is 5.32 Å². The van der Waals surface area contributed by atoms with Crippen molar-refractivity contribution in [2.45, 2.75) is 44.4 Å². The quantitative estimate of drug-likeness (QED) is 0.676. The van der Waals surface area contributed by atoms with E-state index in [1.165, 1.54) is 13.8 Å². The number of nitrogens with one attached hydrogen (secondary N) is 1. The number of hydrogen-bond donors (Lipinski definition) is 1. The van der Waals surface area contributed by atoms with E-state index in [9.17, 15) is 26.3 Å². The van der Waals surface area contributed by atoms with E-state index >= 15 is 0 Å². The molecule has 2 nitrogen and oxygen atoms in total. The van der Waals surface area contributed by atoms with Gasteiger partial charge in [-0.1, -0.05) is 6.92 Å². The zero-order valence-corrected chi connectivity index (χ0v) is 9.52. The summed E-state index contributed by atoms with van der Waals surface area (Å²) in [5.74, 6) is -0.946. The lowest BCUT2D eigenvalue weighted by Gasteiger charge is -2.47. The molecule has 102 valence electrons. The van der Waals surface area contributed by atoms with E-state index in [1.54, 1.807) is 0 Å². The number of alkyl halides is 6. The predicted molar refractivity (Wildman–Crippen MR) is 49.2 cm³/mol. The first-order chi connectivity index (χ1) is 7.46. The van der Waals surface area contributed by atoms with Crippen LogP contribution >= 0.6 is 0 Å².